The third-order valence-corrected chi connectivity index (χ3v) is 4.01. The maximum Gasteiger partial charge on any atom is 0.0872 e. The first-order valence-electron chi connectivity index (χ1n) is 6.04. The second-order valence-electron chi connectivity index (χ2n) is 5.26. The van der Waals surface area contributed by atoms with Crippen LogP contribution in [0.4, 0.5) is 0 Å². The molecule has 0 amide bonds. The molecule has 0 aromatic carbocycles. The largest absolute Gasteiger partial charge is 0.389 e. The Hall–Kier alpha value is -0.0800. The highest BCUT2D eigenvalue weighted by Crippen LogP contribution is 2.29. The van der Waals surface area contributed by atoms with Crippen LogP contribution in [0.5, 0.6) is 0 Å². The number of piperidine rings is 1. The third-order valence-electron chi connectivity index (χ3n) is 4.01. The zero-order valence-electron chi connectivity index (χ0n) is 10.1. The molecule has 84 valence electrons. The van der Waals surface area contributed by atoms with Crippen LogP contribution in [-0.4, -0.2) is 30.3 Å². The van der Waals surface area contributed by atoms with E-state index in [1.165, 1.54) is 6.42 Å². The molecule has 1 unspecified atom stereocenters. The van der Waals surface area contributed by atoms with Gasteiger partial charge in [-0.1, -0.05) is 26.7 Å². The van der Waals surface area contributed by atoms with Crippen LogP contribution in [0.1, 0.15) is 46.5 Å². The van der Waals surface area contributed by atoms with Crippen molar-refractivity contribution in [2.75, 3.05) is 13.6 Å². The Bertz CT molecular complexity index is 183. The molecule has 1 rings (SSSR count). The quantitative estimate of drug-likeness (QED) is 0.694. The number of quaternary nitrogens is 1. The predicted octanol–water partition coefficient (Wildman–Crippen LogP) is 0.851. The predicted molar refractivity (Wildman–Crippen MR) is 59.5 cm³/mol. The fourth-order valence-electron chi connectivity index (χ4n) is 2.61. The maximum atomic E-state index is 10.5. The lowest BCUT2D eigenvalue weighted by Gasteiger charge is -2.43. The summed E-state index contributed by atoms with van der Waals surface area (Å²) in [5, 5.41) is 10.5. The first kappa shape index (κ1) is 12.0. The van der Waals surface area contributed by atoms with Gasteiger partial charge in [0.15, 0.2) is 0 Å². The van der Waals surface area contributed by atoms with Gasteiger partial charge in [-0.25, -0.2) is 0 Å². The summed E-state index contributed by atoms with van der Waals surface area (Å²) in [6.07, 6.45) is 4.31. The SMILES string of the molecule is CCCC[C@]1(O)C[C@H](C)[NH+](C)C[C@@H]1C. The number of unbranched alkanes of at least 4 members (excludes halogenated alkanes) is 1. The lowest BCUT2D eigenvalue weighted by atomic mass is 9.76. The lowest BCUT2D eigenvalue weighted by molar-refractivity contribution is -0.916. The highest BCUT2D eigenvalue weighted by Gasteiger charge is 2.42. The standard InChI is InChI=1S/C12H25NO/c1-5-6-7-12(14)8-11(3)13(4)9-10(12)2/h10-11,14H,5-9H2,1-4H3/p+1/t10-,11-,12-/m0/s1. The summed E-state index contributed by atoms with van der Waals surface area (Å²) in [5.74, 6) is 0.449. The Morgan fingerprint density at radius 1 is 1.43 bits per heavy atom. The average molecular weight is 200 g/mol. The number of nitrogens with one attached hydrogen (secondary N) is 1. The van der Waals surface area contributed by atoms with Crippen LogP contribution in [0, 0.1) is 5.92 Å². The molecule has 4 atom stereocenters. The summed E-state index contributed by atoms with van der Waals surface area (Å²) < 4.78 is 0. The van der Waals surface area contributed by atoms with E-state index in [-0.39, 0.29) is 5.60 Å². The monoisotopic (exact) mass is 200 g/mol. The van der Waals surface area contributed by atoms with Gasteiger partial charge in [-0.3, -0.25) is 0 Å². The van der Waals surface area contributed by atoms with E-state index < -0.39 is 0 Å². The third kappa shape index (κ3) is 2.48. The van der Waals surface area contributed by atoms with E-state index in [1.54, 1.807) is 4.90 Å². The molecule has 0 radical (unpaired) electrons. The molecule has 0 aromatic rings. The second kappa shape index (κ2) is 4.63. The highest BCUT2D eigenvalue weighted by atomic mass is 16.3. The molecule has 0 saturated carbocycles. The number of rotatable bonds is 3. The van der Waals surface area contributed by atoms with Gasteiger partial charge in [0.2, 0.25) is 0 Å². The van der Waals surface area contributed by atoms with Crippen molar-refractivity contribution in [2.45, 2.75) is 58.1 Å². The van der Waals surface area contributed by atoms with E-state index in [2.05, 4.69) is 27.8 Å². The smallest absolute Gasteiger partial charge is 0.0872 e. The first-order chi connectivity index (χ1) is 6.49. The van der Waals surface area contributed by atoms with Crippen molar-refractivity contribution in [2.24, 2.45) is 5.92 Å². The Labute approximate surface area is 88.3 Å². The lowest BCUT2D eigenvalue weighted by Crippen LogP contribution is -3.15. The number of hydrogen-bond donors (Lipinski definition) is 2. The summed E-state index contributed by atoms with van der Waals surface area (Å²) in [5.41, 5.74) is -0.380. The van der Waals surface area contributed by atoms with Gasteiger partial charge < -0.3 is 10.0 Å². The molecule has 1 aliphatic rings. The van der Waals surface area contributed by atoms with Crippen molar-refractivity contribution < 1.29 is 10.0 Å². The van der Waals surface area contributed by atoms with Crippen molar-refractivity contribution in [1.29, 1.82) is 0 Å². The minimum Gasteiger partial charge on any atom is -0.389 e. The fourth-order valence-corrected chi connectivity index (χ4v) is 2.61. The van der Waals surface area contributed by atoms with E-state index in [4.69, 9.17) is 0 Å². The van der Waals surface area contributed by atoms with E-state index >= 15 is 0 Å². The summed E-state index contributed by atoms with van der Waals surface area (Å²) in [7, 11) is 2.24. The Morgan fingerprint density at radius 2 is 2.07 bits per heavy atom. The minimum atomic E-state index is -0.380. The molecular formula is C12H26NO+. The Kier molecular flexibility index (Phi) is 3.96. The number of hydrogen-bond acceptors (Lipinski definition) is 1. The normalized spacial score (nSPS) is 43.9. The van der Waals surface area contributed by atoms with Crippen molar-refractivity contribution in [3.05, 3.63) is 0 Å². The molecule has 0 bridgehead atoms. The molecule has 14 heavy (non-hydrogen) atoms. The topological polar surface area (TPSA) is 24.7 Å². The number of aliphatic hydroxyl groups is 1. The van der Waals surface area contributed by atoms with Crippen molar-refractivity contribution >= 4 is 0 Å². The van der Waals surface area contributed by atoms with Gasteiger partial charge in [0.25, 0.3) is 0 Å². The fraction of sp³-hybridized carbons (Fsp3) is 1.00. The highest BCUT2D eigenvalue weighted by molar-refractivity contribution is 4.88. The zero-order valence-corrected chi connectivity index (χ0v) is 10.1. The molecule has 1 fully saturated rings. The summed E-state index contributed by atoms with van der Waals surface area (Å²) >= 11 is 0. The van der Waals surface area contributed by atoms with Gasteiger partial charge >= 0.3 is 0 Å². The molecule has 0 aromatic heterocycles. The van der Waals surface area contributed by atoms with Crippen molar-refractivity contribution in [3.63, 3.8) is 0 Å². The van der Waals surface area contributed by atoms with Crippen LogP contribution in [0.25, 0.3) is 0 Å². The first-order valence-corrected chi connectivity index (χ1v) is 6.04. The van der Waals surface area contributed by atoms with Crippen LogP contribution >= 0.6 is 0 Å². The van der Waals surface area contributed by atoms with Crippen molar-refractivity contribution in [1.82, 2.24) is 0 Å². The Balaban J connectivity index is 2.58. The van der Waals surface area contributed by atoms with E-state index in [0.29, 0.717) is 12.0 Å². The van der Waals surface area contributed by atoms with Gasteiger partial charge in [-0.05, 0) is 13.3 Å². The molecule has 0 spiro atoms. The van der Waals surface area contributed by atoms with Gasteiger partial charge in [0.1, 0.15) is 0 Å². The van der Waals surface area contributed by atoms with Gasteiger partial charge in [0, 0.05) is 12.3 Å². The second-order valence-corrected chi connectivity index (χ2v) is 5.26. The van der Waals surface area contributed by atoms with Crippen molar-refractivity contribution in [3.8, 4) is 0 Å². The van der Waals surface area contributed by atoms with E-state index in [9.17, 15) is 5.11 Å². The van der Waals surface area contributed by atoms with Crippen LogP contribution in [-0.2, 0) is 0 Å². The summed E-state index contributed by atoms with van der Waals surface area (Å²) in [6, 6.07) is 0.605. The Morgan fingerprint density at radius 3 is 2.64 bits per heavy atom. The molecule has 1 heterocycles. The molecule has 2 N–H and O–H groups in total. The van der Waals surface area contributed by atoms with Gasteiger partial charge in [-0.2, -0.15) is 0 Å². The average Bonchev–Trinajstić information content (AvgIpc) is 2.12. The van der Waals surface area contributed by atoms with Crippen LogP contribution in [0.15, 0.2) is 0 Å². The van der Waals surface area contributed by atoms with Crippen LogP contribution < -0.4 is 4.90 Å². The van der Waals surface area contributed by atoms with Crippen LogP contribution in [0.2, 0.25) is 0 Å². The number of likely N-dealkylation sites (tertiary alicyclic amines) is 1. The maximum absolute atomic E-state index is 10.5. The molecule has 2 heteroatoms. The summed E-state index contributed by atoms with van der Waals surface area (Å²) in [4.78, 5) is 1.57. The van der Waals surface area contributed by atoms with E-state index in [0.717, 1.165) is 25.8 Å². The molecule has 2 nitrogen and oxygen atoms in total. The molecular weight excluding hydrogens is 174 g/mol. The van der Waals surface area contributed by atoms with Gasteiger partial charge in [-0.15, -0.1) is 0 Å². The van der Waals surface area contributed by atoms with Gasteiger partial charge in [0.05, 0.1) is 25.2 Å². The molecule has 0 aliphatic carbocycles. The minimum absolute atomic E-state index is 0.380. The molecule has 1 aliphatic heterocycles. The van der Waals surface area contributed by atoms with E-state index in [1.807, 2.05) is 0 Å². The zero-order chi connectivity index (χ0) is 10.8. The summed E-state index contributed by atoms with van der Waals surface area (Å²) in [6.45, 7) is 7.75. The molecule has 1 saturated heterocycles. The van der Waals surface area contributed by atoms with Crippen LogP contribution in [0.3, 0.4) is 0 Å².